The quantitative estimate of drug-likeness (QED) is 0.180. The summed E-state index contributed by atoms with van der Waals surface area (Å²) in [5, 5.41) is 20.0. The number of halogens is 1. The van der Waals surface area contributed by atoms with E-state index in [0.717, 1.165) is 32.0 Å². The second-order valence-electron chi connectivity index (χ2n) is 9.37. The van der Waals surface area contributed by atoms with Crippen molar-refractivity contribution < 1.29 is 29.0 Å². The smallest absolute Gasteiger partial charge is 0.377 e. The summed E-state index contributed by atoms with van der Waals surface area (Å²) < 4.78 is 16.7. The van der Waals surface area contributed by atoms with Gasteiger partial charge in [0.2, 0.25) is 5.75 Å². The molecule has 6 rings (SSSR count). The maximum absolute atomic E-state index is 12.2. The van der Waals surface area contributed by atoms with Crippen LogP contribution in [-0.2, 0) is 14.2 Å². The Bertz CT molecular complexity index is 1690. The average molecular weight is 688 g/mol. The van der Waals surface area contributed by atoms with Crippen LogP contribution in [0.5, 0.6) is 5.75 Å². The van der Waals surface area contributed by atoms with Crippen molar-refractivity contribution in [3.63, 3.8) is 0 Å². The van der Waals surface area contributed by atoms with Gasteiger partial charge in [0.15, 0.2) is 11.3 Å². The van der Waals surface area contributed by atoms with E-state index in [1.165, 1.54) is 23.9 Å². The van der Waals surface area contributed by atoms with Crippen LogP contribution in [0, 0.1) is 10.1 Å². The first-order valence-corrected chi connectivity index (χ1v) is 14.5. The number of morpholine rings is 2. The Hall–Kier alpha value is -4.87. The first-order valence-electron chi connectivity index (χ1n) is 13.7. The predicted octanol–water partition coefficient (Wildman–Crippen LogP) is 2.28. The molecule has 0 spiro atoms. The van der Waals surface area contributed by atoms with Crippen molar-refractivity contribution in [2.24, 2.45) is 0 Å². The second kappa shape index (κ2) is 15.7. The van der Waals surface area contributed by atoms with Crippen LogP contribution in [-0.4, -0.2) is 95.1 Å². The van der Waals surface area contributed by atoms with Crippen molar-refractivity contribution in [3.05, 3.63) is 85.6 Å². The van der Waals surface area contributed by atoms with E-state index in [0.29, 0.717) is 47.9 Å². The third-order valence-corrected chi connectivity index (χ3v) is 7.24. The highest BCUT2D eigenvalue weighted by Gasteiger charge is 2.22. The van der Waals surface area contributed by atoms with Gasteiger partial charge in [-0.25, -0.2) is 14.8 Å². The topological polar surface area (TPSA) is 201 Å². The molecule has 45 heavy (non-hydrogen) atoms. The highest BCUT2D eigenvalue weighted by molar-refractivity contribution is 9.10. The van der Waals surface area contributed by atoms with Crippen molar-refractivity contribution in [1.29, 1.82) is 0 Å². The molecule has 2 aliphatic rings. The fraction of sp³-hybridized carbons (Fsp3) is 0.321. The summed E-state index contributed by atoms with van der Waals surface area (Å²) >= 11 is 2.99. The highest BCUT2D eigenvalue weighted by Crippen LogP contribution is 2.23. The van der Waals surface area contributed by atoms with Gasteiger partial charge in [0, 0.05) is 38.6 Å². The number of nitrogens with zero attached hydrogens (tertiary/aromatic N) is 7. The normalized spacial score (nSPS) is 14.4. The summed E-state index contributed by atoms with van der Waals surface area (Å²) in [5.41, 5.74) is 6.69. The molecule has 0 unspecified atom stereocenters. The van der Waals surface area contributed by atoms with Crippen LogP contribution < -0.4 is 21.1 Å². The van der Waals surface area contributed by atoms with E-state index >= 15 is 0 Å². The van der Waals surface area contributed by atoms with Gasteiger partial charge in [0.05, 0.1) is 44.9 Å². The van der Waals surface area contributed by atoms with E-state index in [-0.39, 0.29) is 11.5 Å². The molecule has 0 radical (unpaired) electrons. The number of ether oxygens (including phenoxy) is 3. The number of aromatic hydroxyl groups is 1. The van der Waals surface area contributed by atoms with Crippen LogP contribution in [0.2, 0.25) is 0 Å². The van der Waals surface area contributed by atoms with Gasteiger partial charge in [0.1, 0.15) is 16.5 Å². The summed E-state index contributed by atoms with van der Waals surface area (Å²) in [7, 11) is 1.17. The lowest BCUT2D eigenvalue weighted by Crippen LogP contribution is -2.37. The molecular weight excluding hydrogens is 656 g/mol. The lowest BCUT2D eigenvalue weighted by atomic mass is 10.3. The Morgan fingerprint density at radius 2 is 1.58 bits per heavy atom. The Morgan fingerprint density at radius 1 is 1.00 bits per heavy atom. The zero-order valence-corrected chi connectivity index (χ0v) is 25.8. The van der Waals surface area contributed by atoms with Gasteiger partial charge in [-0.05, 0) is 62.2 Å². The van der Waals surface area contributed by atoms with E-state index in [1.807, 2.05) is 23.1 Å². The molecular formula is C28H31BrN8O8. The van der Waals surface area contributed by atoms with E-state index < -0.39 is 22.2 Å². The van der Waals surface area contributed by atoms with Gasteiger partial charge in [-0.3, -0.25) is 9.20 Å². The third kappa shape index (κ3) is 8.20. The summed E-state index contributed by atoms with van der Waals surface area (Å²) in [4.78, 5) is 49.5. The number of fused-ring (bicyclic) bond motifs is 1. The molecule has 2 saturated heterocycles. The van der Waals surface area contributed by atoms with E-state index in [4.69, 9.17) is 15.2 Å². The molecule has 2 fully saturated rings. The molecule has 0 atom stereocenters. The summed E-state index contributed by atoms with van der Waals surface area (Å²) in [5.74, 6) is -1.12. The number of esters is 1. The number of nitrogens with two attached hydrogens (primary N) is 1. The maximum Gasteiger partial charge on any atom is 0.377 e. The molecule has 17 heteroatoms. The maximum atomic E-state index is 12.2. The predicted molar refractivity (Wildman–Crippen MR) is 168 cm³/mol. The molecule has 4 aromatic rings. The molecule has 4 aromatic heterocycles. The van der Waals surface area contributed by atoms with Gasteiger partial charge < -0.3 is 45.0 Å². The molecule has 0 amide bonds. The van der Waals surface area contributed by atoms with Crippen molar-refractivity contribution in [2.75, 3.05) is 75.2 Å². The number of aromatic nitrogens is 4. The molecule has 238 valence electrons. The second-order valence-corrected chi connectivity index (χ2v) is 10.2. The van der Waals surface area contributed by atoms with Gasteiger partial charge in [-0.2, -0.15) is 0 Å². The van der Waals surface area contributed by atoms with Gasteiger partial charge in [0.25, 0.3) is 0 Å². The molecule has 0 aromatic carbocycles. The molecule has 0 aliphatic carbocycles. The summed E-state index contributed by atoms with van der Waals surface area (Å²) in [6.45, 7) is 5.81. The van der Waals surface area contributed by atoms with Crippen LogP contribution in [0.4, 0.5) is 23.0 Å². The number of hydrogen-bond acceptors (Lipinski definition) is 14. The zero-order valence-electron chi connectivity index (χ0n) is 24.2. The van der Waals surface area contributed by atoms with Crippen molar-refractivity contribution in [3.8, 4) is 5.75 Å². The number of carbonyl (C=O) groups is 1. The molecule has 3 N–H and O–H groups in total. The van der Waals surface area contributed by atoms with Crippen molar-refractivity contribution >= 4 is 50.6 Å². The molecule has 0 bridgehead atoms. The zero-order chi connectivity index (χ0) is 32.3. The Morgan fingerprint density at radius 3 is 2.13 bits per heavy atom. The monoisotopic (exact) mass is 686 g/mol. The fourth-order valence-corrected chi connectivity index (χ4v) is 4.82. The minimum atomic E-state index is -0.853. The molecule has 0 saturated carbocycles. The van der Waals surface area contributed by atoms with Crippen LogP contribution >= 0.6 is 15.9 Å². The summed E-state index contributed by atoms with van der Waals surface area (Å²) in [6.07, 6.45) is 4.58. The first-order chi connectivity index (χ1) is 21.7. The Labute approximate surface area is 265 Å². The molecule has 16 nitrogen and oxygen atoms in total. The number of pyridine rings is 3. The standard InChI is InChI=1S/C14H15N3O5.C9H13N3O.C5H3BrN2O2/c1-21-14(20)10-11(18)13(19)17-4-2-3-9(12(17)15-10)16-5-7-22-8-6-16;10-9-8(2-1-3-11-9)12-4-6-13-7-5-12;6-4-2-1-3-7-5(4)8(9)10/h2-4,18H,5-8H2,1H3;1-3H,4-7H2,(H2,10,11);1-3H. The van der Waals surface area contributed by atoms with Crippen molar-refractivity contribution in [1.82, 2.24) is 19.4 Å². The van der Waals surface area contributed by atoms with Crippen LogP contribution in [0.25, 0.3) is 5.65 Å². The molecule has 2 aliphatic heterocycles. The van der Waals surface area contributed by atoms with Gasteiger partial charge in [-0.1, -0.05) is 0 Å². The number of anilines is 3. The fourth-order valence-electron chi connectivity index (χ4n) is 4.42. The number of methoxy groups -OCH3 is 1. The first kappa shape index (κ1) is 33.0. The largest absolute Gasteiger partial charge is 0.501 e. The van der Waals surface area contributed by atoms with E-state index in [9.17, 15) is 24.8 Å². The number of rotatable bonds is 4. The van der Waals surface area contributed by atoms with Gasteiger partial charge >= 0.3 is 17.3 Å². The van der Waals surface area contributed by atoms with Crippen LogP contribution in [0.3, 0.4) is 0 Å². The SMILES string of the molecule is COC(=O)c1nc2c(N3CCOCC3)cccn2c(=O)c1O.Nc1ncccc1N1CCOCC1.O=[N+]([O-])c1ncccc1Br. The number of nitro groups is 1. The minimum Gasteiger partial charge on any atom is -0.501 e. The average Bonchev–Trinajstić information content (AvgIpc) is 3.07. The van der Waals surface area contributed by atoms with Crippen LogP contribution in [0.1, 0.15) is 10.5 Å². The third-order valence-electron chi connectivity index (χ3n) is 6.62. The minimum absolute atomic E-state index is 0.150. The Kier molecular flexibility index (Phi) is 11.5. The van der Waals surface area contributed by atoms with E-state index in [1.54, 1.807) is 24.4 Å². The lowest BCUT2D eigenvalue weighted by molar-refractivity contribution is -0.390. The van der Waals surface area contributed by atoms with Gasteiger partial charge in [-0.15, -0.1) is 0 Å². The van der Waals surface area contributed by atoms with E-state index in [2.05, 4.69) is 40.5 Å². The highest BCUT2D eigenvalue weighted by atomic mass is 79.9. The van der Waals surface area contributed by atoms with Crippen LogP contribution in [0.15, 0.2) is 64.3 Å². The molecule has 6 heterocycles. The number of nitrogen functional groups attached to an aromatic ring is 1. The number of hydrogen-bond donors (Lipinski definition) is 2. The summed E-state index contributed by atoms with van der Waals surface area (Å²) in [6, 6.07) is 10.6. The lowest BCUT2D eigenvalue weighted by Gasteiger charge is -2.29. The van der Waals surface area contributed by atoms with Crippen molar-refractivity contribution in [2.45, 2.75) is 0 Å². The number of carbonyl (C=O) groups excluding carboxylic acids is 1. The Balaban J connectivity index is 0.000000170.